The van der Waals surface area contributed by atoms with Crippen LogP contribution in [0.15, 0.2) is 42.2 Å². The third-order valence-corrected chi connectivity index (χ3v) is 6.40. The van der Waals surface area contributed by atoms with E-state index in [0.717, 1.165) is 11.1 Å². The van der Waals surface area contributed by atoms with Crippen molar-refractivity contribution >= 4 is 30.2 Å². The van der Waals surface area contributed by atoms with E-state index in [0.29, 0.717) is 11.1 Å². The van der Waals surface area contributed by atoms with Gasteiger partial charge in [-0.25, -0.2) is 0 Å². The van der Waals surface area contributed by atoms with Gasteiger partial charge in [-0.05, 0) is 25.5 Å². The van der Waals surface area contributed by atoms with Crippen molar-refractivity contribution in [3.05, 3.63) is 47.7 Å². The highest BCUT2D eigenvalue weighted by atomic mass is 31.2. The zero-order chi connectivity index (χ0) is 17.9. The third-order valence-electron chi connectivity index (χ3n) is 3.79. The first kappa shape index (κ1) is 18.0. The molecule has 1 aromatic rings. The number of carboxylic acids is 2. The van der Waals surface area contributed by atoms with Crippen LogP contribution in [0.2, 0.25) is 0 Å². The van der Waals surface area contributed by atoms with E-state index in [1.54, 1.807) is 31.2 Å². The lowest BCUT2D eigenvalue weighted by atomic mass is 10.0. The number of hydrogen-bond acceptors (Lipinski definition) is 4. The van der Waals surface area contributed by atoms with Crippen LogP contribution >= 0.6 is 7.37 Å². The second-order valence-corrected chi connectivity index (χ2v) is 7.94. The first-order valence-electron chi connectivity index (χ1n) is 7.45. The summed E-state index contributed by atoms with van der Waals surface area (Å²) in [5, 5.41) is 18.6. The Bertz CT molecular complexity index is 777. The van der Waals surface area contributed by atoms with E-state index < -0.39 is 31.6 Å². The topological polar surface area (TPSA) is 101 Å². The van der Waals surface area contributed by atoms with Gasteiger partial charge >= 0.3 is 11.9 Å². The zero-order valence-electron chi connectivity index (χ0n) is 13.4. The molecule has 0 saturated heterocycles. The Balaban J connectivity index is 2.49. The highest BCUT2D eigenvalue weighted by molar-refractivity contribution is 7.67. The smallest absolute Gasteiger partial charge is 0.307 e. The van der Waals surface area contributed by atoms with Crippen molar-refractivity contribution in [3.8, 4) is 0 Å². The van der Waals surface area contributed by atoms with Gasteiger partial charge in [0.15, 0.2) is 0 Å². The molecule has 1 heterocycles. The highest BCUT2D eigenvalue weighted by Gasteiger charge is 2.40. The third kappa shape index (κ3) is 3.60. The molecule has 0 bridgehead atoms. The number of rotatable bonds is 6. The number of carbonyl (C=O) groups is 2. The summed E-state index contributed by atoms with van der Waals surface area (Å²) in [6, 6.07) is 6.95. The van der Waals surface area contributed by atoms with Gasteiger partial charge in [-0.15, -0.1) is 0 Å². The number of fused-ring (bicyclic) bond motifs is 1. The molecule has 1 aromatic carbocycles. The van der Waals surface area contributed by atoms with Crippen LogP contribution in [-0.4, -0.2) is 28.3 Å². The molecule has 128 valence electrons. The standard InChI is InChI=1S/C17H19O6P/c1-3-6-13-11(2)23-24(22,15-8-5-4-7-14(13)15)10-12(17(20)21)9-16(18)19/h3-8,12H,9-10H2,1-2H3,(H,18,19)(H,20,21)/b6-3-. The minimum absolute atomic E-state index is 0.355. The highest BCUT2D eigenvalue weighted by Crippen LogP contribution is 2.55. The quantitative estimate of drug-likeness (QED) is 0.765. The summed E-state index contributed by atoms with van der Waals surface area (Å²) in [5.74, 6) is -3.39. The Hall–Kier alpha value is -2.33. The number of hydrogen-bond donors (Lipinski definition) is 2. The summed E-state index contributed by atoms with van der Waals surface area (Å²) in [4.78, 5) is 22.2. The van der Waals surface area contributed by atoms with Gasteiger partial charge in [-0.2, -0.15) is 0 Å². The predicted octanol–water partition coefficient (Wildman–Crippen LogP) is 3.10. The number of benzene rings is 1. The van der Waals surface area contributed by atoms with E-state index in [9.17, 15) is 19.3 Å². The van der Waals surface area contributed by atoms with Gasteiger partial charge in [0.1, 0.15) is 5.76 Å². The van der Waals surface area contributed by atoms with Crippen LogP contribution in [0.3, 0.4) is 0 Å². The number of aliphatic carboxylic acids is 2. The van der Waals surface area contributed by atoms with E-state index in [2.05, 4.69) is 0 Å². The monoisotopic (exact) mass is 350 g/mol. The van der Waals surface area contributed by atoms with Crippen LogP contribution in [-0.2, 0) is 18.7 Å². The number of allylic oxidation sites excluding steroid dienone is 4. The summed E-state index contributed by atoms with van der Waals surface area (Å²) in [5.41, 5.74) is 1.51. The molecule has 0 aliphatic carbocycles. The van der Waals surface area contributed by atoms with Gasteiger partial charge < -0.3 is 14.7 Å². The van der Waals surface area contributed by atoms with E-state index in [4.69, 9.17) is 9.63 Å². The first-order chi connectivity index (χ1) is 11.3. The maximum absolute atomic E-state index is 13.4. The van der Waals surface area contributed by atoms with Crippen LogP contribution < -0.4 is 5.30 Å². The summed E-state index contributed by atoms with van der Waals surface area (Å²) < 4.78 is 19.0. The summed E-state index contributed by atoms with van der Waals surface area (Å²) >= 11 is 0. The molecule has 0 fully saturated rings. The lowest BCUT2D eigenvalue weighted by molar-refractivity contribution is -0.147. The molecule has 2 unspecified atom stereocenters. The average Bonchev–Trinajstić information content (AvgIpc) is 2.50. The van der Waals surface area contributed by atoms with Gasteiger partial charge in [0.25, 0.3) is 7.37 Å². The Labute approximate surface area is 139 Å². The van der Waals surface area contributed by atoms with Crippen molar-refractivity contribution in [3.63, 3.8) is 0 Å². The zero-order valence-corrected chi connectivity index (χ0v) is 14.3. The van der Waals surface area contributed by atoms with Gasteiger partial charge in [0, 0.05) is 5.57 Å². The van der Waals surface area contributed by atoms with E-state index in [1.165, 1.54) is 0 Å². The van der Waals surface area contributed by atoms with Gasteiger partial charge in [0.2, 0.25) is 0 Å². The van der Waals surface area contributed by atoms with E-state index in [-0.39, 0.29) is 6.16 Å². The van der Waals surface area contributed by atoms with Crippen molar-refractivity contribution in [2.45, 2.75) is 20.3 Å². The van der Waals surface area contributed by atoms with Crippen molar-refractivity contribution in [2.75, 3.05) is 6.16 Å². The summed E-state index contributed by atoms with van der Waals surface area (Å²) in [7, 11) is -3.52. The SMILES string of the molecule is C/C=C\C1=C(C)OP(=O)(CC(CC(=O)O)C(=O)O)c2ccccc21. The molecular weight excluding hydrogens is 331 g/mol. The molecule has 2 atom stereocenters. The van der Waals surface area contributed by atoms with E-state index in [1.807, 2.05) is 19.1 Å². The Morgan fingerprint density at radius 2 is 1.96 bits per heavy atom. The van der Waals surface area contributed by atoms with Gasteiger partial charge in [0.05, 0.1) is 23.8 Å². The fourth-order valence-electron chi connectivity index (χ4n) is 2.75. The Morgan fingerprint density at radius 1 is 1.29 bits per heavy atom. The summed E-state index contributed by atoms with van der Waals surface area (Å²) in [6.07, 6.45) is 2.71. The van der Waals surface area contributed by atoms with Crippen LogP contribution in [0, 0.1) is 5.92 Å². The molecule has 2 rings (SSSR count). The predicted molar refractivity (Wildman–Crippen MR) is 90.4 cm³/mol. The molecule has 7 heteroatoms. The van der Waals surface area contributed by atoms with Crippen LogP contribution in [0.1, 0.15) is 25.8 Å². The molecule has 1 aliphatic heterocycles. The van der Waals surface area contributed by atoms with Crippen molar-refractivity contribution in [2.24, 2.45) is 5.92 Å². The van der Waals surface area contributed by atoms with Gasteiger partial charge in [-0.1, -0.05) is 30.4 Å². The van der Waals surface area contributed by atoms with Crippen molar-refractivity contribution in [1.29, 1.82) is 0 Å². The molecule has 0 saturated carbocycles. The second-order valence-electron chi connectivity index (χ2n) is 5.57. The second kappa shape index (κ2) is 7.05. The minimum atomic E-state index is -3.52. The lowest BCUT2D eigenvalue weighted by Gasteiger charge is -2.30. The molecule has 2 N–H and O–H groups in total. The molecule has 24 heavy (non-hydrogen) atoms. The minimum Gasteiger partial charge on any atom is -0.481 e. The fraction of sp³-hybridized carbons (Fsp3) is 0.294. The first-order valence-corrected chi connectivity index (χ1v) is 9.26. The van der Waals surface area contributed by atoms with Crippen molar-refractivity contribution < 1.29 is 28.9 Å². The molecular formula is C17H19O6P. The molecule has 1 aliphatic rings. The maximum Gasteiger partial charge on any atom is 0.307 e. The maximum atomic E-state index is 13.4. The van der Waals surface area contributed by atoms with Crippen LogP contribution in [0.25, 0.3) is 5.57 Å². The van der Waals surface area contributed by atoms with Crippen molar-refractivity contribution in [1.82, 2.24) is 0 Å². The van der Waals surface area contributed by atoms with E-state index >= 15 is 0 Å². The van der Waals surface area contributed by atoms with Gasteiger partial charge in [-0.3, -0.25) is 14.2 Å². The molecule has 6 nitrogen and oxygen atoms in total. The average molecular weight is 350 g/mol. The largest absolute Gasteiger partial charge is 0.481 e. The summed E-state index contributed by atoms with van der Waals surface area (Å²) in [6.45, 7) is 3.52. The number of carboxylic acid groups (broad SMARTS) is 2. The molecule has 0 amide bonds. The molecule has 0 radical (unpaired) electrons. The molecule has 0 spiro atoms. The lowest BCUT2D eigenvalue weighted by Crippen LogP contribution is -2.27. The Kier molecular flexibility index (Phi) is 5.30. The Morgan fingerprint density at radius 3 is 2.54 bits per heavy atom. The van der Waals surface area contributed by atoms with Crippen LogP contribution in [0.4, 0.5) is 0 Å². The molecule has 0 aromatic heterocycles. The van der Waals surface area contributed by atoms with Crippen LogP contribution in [0.5, 0.6) is 0 Å². The fourth-order valence-corrected chi connectivity index (χ4v) is 5.40. The normalized spacial score (nSPS) is 21.2.